The van der Waals surface area contributed by atoms with E-state index in [1.54, 1.807) is 38.4 Å². The number of benzene rings is 1. The Hall–Kier alpha value is -1.83. The van der Waals surface area contributed by atoms with Crippen molar-refractivity contribution in [2.75, 3.05) is 7.11 Å². The first-order valence-corrected chi connectivity index (χ1v) is 23.7. The highest BCUT2D eigenvalue weighted by Gasteiger charge is 2.94. The van der Waals surface area contributed by atoms with Gasteiger partial charge in [-0.3, -0.25) is 4.79 Å². The summed E-state index contributed by atoms with van der Waals surface area (Å²) in [6, 6.07) is 12.2. The number of rotatable bonds is 5. The van der Waals surface area contributed by atoms with Crippen molar-refractivity contribution in [3.8, 4) is 0 Å². The van der Waals surface area contributed by atoms with Crippen molar-refractivity contribution in [3.63, 3.8) is 0 Å². The molecular formula is C51H56O2. The van der Waals surface area contributed by atoms with Gasteiger partial charge in [-0.25, -0.2) is 0 Å². The summed E-state index contributed by atoms with van der Waals surface area (Å²) in [7, 11) is 1.61. The lowest BCUT2D eigenvalue weighted by Crippen LogP contribution is -2.59. The molecule has 17 aliphatic carbocycles. The van der Waals surface area contributed by atoms with Crippen LogP contribution in [0.4, 0.5) is 0 Å². The Labute approximate surface area is 315 Å². The van der Waals surface area contributed by atoms with Crippen LogP contribution in [0.25, 0.3) is 0 Å². The van der Waals surface area contributed by atoms with Crippen LogP contribution in [0.1, 0.15) is 63.4 Å². The van der Waals surface area contributed by atoms with Gasteiger partial charge in [-0.2, -0.15) is 0 Å². The SMILES string of the molecule is COC(=O)CCCC1(c2ccccc2)C2C3CC4CC5CC6CC7CC8=CC9CC%10=CC21C1C%10C2C9C9C8C7C7C6C6C5C4C4C3C1C1C2C9C7C6C41. The van der Waals surface area contributed by atoms with E-state index in [-0.39, 0.29) is 11.4 Å². The van der Waals surface area contributed by atoms with Gasteiger partial charge in [0.2, 0.25) is 0 Å². The minimum absolute atomic E-state index is 0.0104. The number of fused-ring (bicyclic) bond motifs is 1. The van der Waals surface area contributed by atoms with Crippen LogP contribution in [0.5, 0.6) is 0 Å². The number of esters is 1. The molecule has 0 radical (unpaired) electrons. The normalized spacial score (nSPS) is 71.3. The molecule has 15 saturated carbocycles. The Bertz CT molecular complexity index is 2080. The van der Waals surface area contributed by atoms with Gasteiger partial charge in [0.15, 0.2) is 0 Å². The lowest BCUT2D eigenvalue weighted by atomic mass is 9.42. The third-order valence-electron chi connectivity index (χ3n) is 25.2. The fraction of sp³-hybridized carbons (Fsp3) is 0.784. The van der Waals surface area contributed by atoms with Crippen molar-refractivity contribution in [2.45, 2.75) is 63.2 Å². The number of ether oxygens (including phenoxy) is 1. The third-order valence-corrected chi connectivity index (χ3v) is 25.2. The number of carbonyl (C=O) groups is 1. The molecule has 1 aromatic carbocycles. The molecule has 53 heavy (non-hydrogen) atoms. The first kappa shape index (κ1) is 27.7. The highest BCUT2D eigenvalue weighted by Crippen LogP contribution is 2.97. The summed E-state index contributed by atoms with van der Waals surface area (Å²) >= 11 is 0. The van der Waals surface area contributed by atoms with Crippen LogP contribution >= 0.6 is 0 Å². The number of hydrogen-bond donors (Lipinski definition) is 0. The number of methoxy groups -OCH3 is 1. The molecule has 272 valence electrons. The molecule has 0 bridgehead atoms. The molecule has 30 unspecified atom stereocenters. The second-order valence-corrected chi connectivity index (χ2v) is 24.3. The van der Waals surface area contributed by atoms with Gasteiger partial charge >= 0.3 is 5.97 Å². The maximum absolute atomic E-state index is 12.8. The molecule has 18 rings (SSSR count). The zero-order valence-corrected chi connectivity index (χ0v) is 31.4. The highest BCUT2D eigenvalue weighted by atomic mass is 16.5. The standard InChI is InChI=1S/C51H56O2/c1-53-27(52)8-5-9-50(25-6-3-2-4-7-25)49-26-16-23-14-20-12-21-11-18-10-19-13-22-15-24-17-51(49,50)48-34(24)39-33(22)38-29(19)28(18)36-32(21)37-30(20)31(23)40-35(26)47(48)46-44(39)42(38)41(36)43(37)45(40)46/h2-4,6-7,13,17-18,20-23,26,28-49H,5,8-12,14-16H2,1H3. The number of carbonyl (C=O) groups excluding carboxylic acids is 1. The smallest absolute Gasteiger partial charge is 0.305 e. The molecule has 30 atom stereocenters. The molecule has 17 aliphatic rings. The van der Waals surface area contributed by atoms with Gasteiger partial charge in [0.25, 0.3) is 0 Å². The number of allylic oxidation sites excluding steroid dienone is 4. The predicted octanol–water partition coefficient (Wildman–Crippen LogP) is 8.93. The van der Waals surface area contributed by atoms with Crippen LogP contribution in [0.2, 0.25) is 0 Å². The average Bonchev–Trinajstić information content (AvgIpc) is 3.86. The van der Waals surface area contributed by atoms with Crippen molar-refractivity contribution < 1.29 is 9.53 Å². The average molecular weight is 701 g/mol. The molecule has 1 spiro atoms. The molecular weight excluding hydrogens is 645 g/mol. The quantitative estimate of drug-likeness (QED) is 0.227. The minimum atomic E-state index is 0.0104. The molecule has 0 saturated heterocycles. The van der Waals surface area contributed by atoms with Gasteiger partial charge in [0.05, 0.1) is 7.11 Å². The Balaban J connectivity index is 0.943. The zero-order valence-electron chi connectivity index (χ0n) is 31.4. The maximum atomic E-state index is 12.8. The van der Waals surface area contributed by atoms with Crippen molar-refractivity contribution >= 4 is 5.97 Å². The molecule has 2 nitrogen and oxygen atoms in total. The number of hydrogen-bond acceptors (Lipinski definition) is 2. The molecule has 0 aromatic heterocycles. The fourth-order valence-electron chi connectivity index (χ4n) is 26.8. The highest BCUT2D eigenvalue weighted by molar-refractivity contribution is 5.69. The van der Waals surface area contributed by atoms with Crippen molar-refractivity contribution in [1.29, 1.82) is 0 Å². The first-order valence-electron chi connectivity index (χ1n) is 23.7. The van der Waals surface area contributed by atoms with E-state index in [0.29, 0.717) is 11.8 Å². The fourth-order valence-corrected chi connectivity index (χ4v) is 26.8. The Morgan fingerprint density at radius 1 is 0.642 bits per heavy atom. The first-order chi connectivity index (χ1) is 26.2. The molecule has 15 fully saturated rings. The molecule has 0 aliphatic heterocycles. The summed E-state index contributed by atoms with van der Waals surface area (Å²) in [5, 5.41) is 0. The Morgan fingerprint density at radius 3 is 2.08 bits per heavy atom. The predicted molar refractivity (Wildman–Crippen MR) is 198 cm³/mol. The monoisotopic (exact) mass is 700 g/mol. The van der Waals surface area contributed by atoms with E-state index in [1.807, 2.05) is 5.57 Å². The molecule has 0 amide bonds. The van der Waals surface area contributed by atoms with Gasteiger partial charge in [-0.1, -0.05) is 53.6 Å². The minimum Gasteiger partial charge on any atom is -0.469 e. The third kappa shape index (κ3) is 2.34. The van der Waals surface area contributed by atoms with Crippen LogP contribution in [0, 0.1) is 171 Å². The summed E-state index contributed by atoms with van der Waals surface area (Å²) in [6.45, 7) is 0. The van der Waals surface area contributed by atoms with E-state index in [0.717, 1.165) is 172 Å². The van der Waals surface area contributed by atoms with E-state index in [4.69, 9.17) is 4.74 Å². The summed E-state index contributed by atoms with van der Waals surface area (Å²) in [5.74, 6) is 29.6. The maximum Gasteiger partial charge on any atom is 0.305 e. The second kappa shape index (κ2) is 8.00. The van der Waals surface area contributed by atoms with Crippen molar-refractivity contribution in [1.82, 2.24) is 0 Å². The van der Waals surface area contributed by atoms with Crippen LogP contribution in [0.15, 0.2) is 53.6 Å². The molecule has 2 heteroatoms. The topological polar surface area (TPSA) is 26.3 Å². The lowest BCUT2D eigenvalue weighted by Gasteiger charge is -2.62. The van der Waals surface area contributed by atoms with E-state index < -0.39 is 0 Å². The second-order valence-electron chi connectivity index (χ2n) is 24.3. The summed E-state index contributed by atoms with van der Waals surface area (Å²) in [4.78, 5) is 12.8. The Kier molecular flexibility index (Phi) is 4.18. The van der Waals surface area contributed by atoms with Gasteiger partial charge in [-0.15, -0.1) is 0 Å². The lowest BCUT2D eigenvalue weighted by molar-refractivity contribution is -0.148. The van der Waals surface area contributed by atoms with Crippen LogP contribution in [-0.4, -0.2) is 13.1 Å². The van der Waals surface area contributed by atoms with Gasteiger partial charge < -0.3 is 4.74 Å². The summed E-state index contributed by atoms with van der Waals surface area (Å²) in [6.07, 6.45) is 18.6. The summed E-state index contributed by atoms with van der Waals surface area (Å²) < 4.78 is 5.31. The van der Waals surface area contributed by atoms with Crippen LogP contribution in [0.3, 0.4) is 0 Å². The van der Waals surface area contributed by atoms with Crippen LogP contribution in [-0.2, 0) is 14.9 Å². The molecule has 0 heterocycles. The van der Waals surface area contributed by atoms with E-state index in [2.05, 4.69) is 48.1 Å². The van der Waals surface area contributed by atoms with E-state index >= 15 is 0 Å². The van der Waals surface area contributed by atoms with Gasteiger partial charge in [0.1, 0.15) is 0 Å². The Morgan fingerprint density at radius 2 is 1.28 bits per heavy atom. The summed E-state index contributed by atoms with van der Waals surface area (Å²) in [5.41, 5.74) is 6.34. The van der Waals surface area contributed by atoms with Gasteiger partial charge in [-0.05, 0) is 223 Å². The van der Waals surface area contributed by atoms with E-state index in [1.165, 1.54) is 19.3 Å². The van der Waals surface area contributed by atoms with Gasteiger partial charge in [0, 0.05) is 17.3 Å². The largest absolute Gasteiger partial charge is 0.469 e. The van der Waals surface area contributed by atoms with Crippen molar-refractivity contribution in [2.24, 2.45) is 171 Å². The molecule has 0 N–H and O–H groups in total. The van der Waals surface area contributed by atoms with E-state index in [9.17, 15) is 4.79 Å². The van der Waals surface area contributed by atoms with Crippen molar-refractivity contribution in [3.05, 3.63) is 59.2 Å². The zero-order chi connectivity index (χ0) is 33.5. The van der Waals surface area contributed by atoms with Crippen LogP contribution < -0.4 is 0 Å². The molecule has 1 aromatic rings.